The van der Waals surface area contributed by atoms with Crippen molar-refractivity contribution in [2.75, 3.05) is 76.3 Å². The minimum atomic E-state index is -0.468. The number of ketones is 1. The predicted molar refractivity (Wildman–Crippen MR) is 161 cm³/mol. The summed E-state index contributed by atoms with van der Waals surface area (Å²) >= 11 is 0. The number of likely N-dealkylation sites (N-methyl/N-ethyl adjacent to an activating group) is 2. The van der Waals surface area contributed by atoms with E-state index in [9.17, 15) is 4.79 Å². The fraction of sp³-hybridized carbons (Fsp3) is 0.364. The van der Waals surface area contributed by atoms with Gasteiger partial charge in [0.1, 0.15) is 5.82 Å². The number of halogens is 1. The van der Waals surface area contributed by atoms with E-state index in [1.54, 1.807) is 12.1 Å². The Labute approximate surface area is 232 Å². The van der Waals surface area contributed by atoms with Crippen LogP contribution in [0.3, 0.4) is 0 Å². The maximum Gasteiger partial charge on any atom is 0.190 e. The van der Waals surface area contributed by atoms with Crippen LogP contribution in [0.4, 0.5) is 15.8 Å². The van der Waals surface area contributed by atoms with E-state index in [0.717, 1.165) is 74.7 Å². The molecular weight excluding hydrogens is 487 g/mol. The highest BCUT2D eigenvalue weighted by Gasteiger charge is 2.23. The number of aryl methyl sites for hydroxylation is 2. The average molecular weight is 527 g/mol. The van der Waals surface area contributed by atoms with Crippen molar-refractivity contribution in [3.8, 4) is 11.1 Å². The Hall–Kier alpha value is -3.48. The van der Waals surface area contributed by atoms with Crippen LogP contribution in [0.15, 0.2) is 60.7 Å². The largest absolute Gasteiger partial charge is 0.368 e. The normalized spacial score (nSPS) is 17.3. The Morgan fingerprint density at radius 1 is 0.718 bits per heavy atom. The van der Waals surface area contributed by atoms with Gasteiger partial charge >= 0.3 is 0 Å². The Morgan fingerprint density at radius 3 is 1.92 bits per heavy atom. The van der Waals surface area contributed by atoms with E-state index >= 15 is 4.39 Å². The number of rotatable bonds is 6. The van der Waals surface area contributed by atoms with E-state index in [2.05, 4.69) is 83.9 Å². The summed E-state index contributed by atoms with van der Waals surface area (Å²) in [7, 11) is 4.23. The van der Waals surface area contributed by atoms with Crippen LogP contribution in [-0.4, -0.2) is 82.0 Å². The topological polar surface area (TPSA) is 30.0 Å². The summed E-state index contributed by atoms with van der Waals surface area (Å²) in [5, 5.41) is 0. The van der Waals surface area contributed by atoms with Gasteiger partial charge < -0.3 is 19.6 Å². The van der Waals surface area contributed by atoms with Crippen molar-refractivity contribution in [2.24, 2.45) is 0 Å². The molecule has 2 fully saturated rings. The van der Waals surface area contributed by atoms with Crippen LogP contribution >= 0.6 is 0 Å². The minimum absolute atomic E-state index is 0.157. The molecule has 0 bridgehead atoms. The highest BCUT2D eigenvalue weighted by atomic mass is 19.1. The molecule has 5 rings (SSSR count). The fourth-order valence-electron chi connectivity index (χ4n) is 5.66. The summed E-state index contributed by atoms with van der Waals surface area (Å²) < 4.78 is 15.1. The van der Waals surface area contributed by atoms with Gasteiger partial charge in [-0.3, -0.25) is 4.79 Å². The van der Waals surface area contributed by atoms with E-state index in [1.807, 2.05) is 12.1 Å². The quantitative estimate of drug-likeness (QED) is 0.312. The lowest BCUT2D eigenvalue weighted by molar-refractivity contribution is 0.104. The number of nitrogens with zero attached hydrogens (tertiary/aromatic N) is 4. The third-order valence-corrected chi connectivity index (χ3v) is 7.92. The van der Waals surface area contributed by atoms with Gasteiger partial charge in [-0.2, -0.15) is 0 Å². The number of anilines is 2. The van der Waals surface area contributed by atoms with Crippen LogP contribution < -0.4 is 9.80 Å². The van der Waals surface area contributed by atoms with Crippen LogP contribution in [0.2, 0.25) is 0 Å². The third kappa shape index (κ3) is 6.23. The first-order valence-corrected chi connectivity index (χ1v) is 13.9. The molecule has 0 radical (unpaired) electrons. The number of benzene rings is 3. The number of piperazine rings is 2. The summed E-state index contributed by atoms with van der Waals surface area (Å²) in [6.45, 7) is 11.4. The summed E-state index contributed by atoms with van der Waals surface area (Å²) in [4.78, 5) is 22.6. The van der Waals surface area contributed by atoms with Gasteiger partial charge in [0.2, 0.25) is 0 Å². The van der Waals surface area contributed by atoms with Crippen molar-refractivity contribution in [3.05, 3.63) is 88.7 Å². The zero-order chi connectivity index (χ0) is 27.5. The monoisotopic (exact) mass is 526 g/mol. The van der Waals surface area contributed by atoms with Crippen LogP contribution in [0, 0.1) is 19.7 Å². The number of hydrogen-bond acceptors (Lipinski definition) is 5. The Bertz CT molecular complexity index is 1350. The Morgan fingerprint density at radius 2 is 1.31 bits per heavy atom. The highest BCUT2D eigenvalue weighted by Crippen LogP contribution is 2.31. The molecule has 204 valence electrons. The molecule has 39 heavy (non-hydrogen) atoms. The summed E-state index contributed by atoms with van der Waals surface area (Å²) in [6.07, 6.45) is 3.43. The first-order chi connectivity index (χ1) is 18.8. The number of carbonyl (C=O) groups excluding carboxylic acids is 1. The smallest absolute Gasteiger partial charge is 0.190 e. The van der Waals surface area contributed by atoms with Gasteiger partial charge in [-0.05, 0) is 81.1 Å². The molecule has 3 aromatic rings. The molecule has 2 saturated heterocycles. The average Bonchev–Trinajstić information content (AvgIpc) is 2.92. The van der Waals surface area contributed by atoms with Crippen molar-refractivity contribution in [2.45, 2.75) is 13.8 Å². The fourth-order valence-corrected chi connectivity index (χ4v) is 5.66. The van der Waals surface area contributed by atoms with E-state index in [-0.39, 0.29) is 11.3 Å². The SMILES string of the molecule is Cc1cc(C)cc(-c2ccc(N3CCN(C)CC3)c(C=CC(=O)c3c(F)cccc3N3CCN(C)CC3)c2)c1. The minimum Gasteiger partial charge on any atom is -0.368 e. The highest BCUT2D eigenvalue weighted by molar-refractivity contribution is 6.11. The molecule has 2 heterocycles. The zero-order valence-corrected chi connectivity index (χ0v) is 23.6. The summed E-state index contributed by atoms with van der Waals surface area (Å²) in [6, 6.07) is 18.0. The van der Waals surface area contributed by atoms with E-state index in [1.165, 1.54) is 17.2 Å². The molecule has 0 amide bonds. The molecule has 0 spiro atoms. The van der Waals surface area contributed by atoms with Gasteiger partial charge in [0.15, 0.2) is 5.78 Å². The van der Waals surface area contributed by atoms with Crippen molar-refractivity contribution in [1.82, 2.24) is 9.80 Å². The molecule has 0 atom stereocenters. The molecule has 0 unspecified atom stereocenters. The van der Waals surface area contributed by atoms with Gasteiger partial charge in [-0.25, -0.2) is 4.39 Å². The summed E-state index contributed by atoms with van der Waals surface area (Å²) in [5.74, 6) is -0.771. The third-order valence-electron chi connectivity index (χ3n) is 7.92. The van der Waals surface area contributed by atoms with E-state index in [4.69, 9.17) is 0 Å². The Kier molecular flexibility index (Phi) is 8.15. The van der Waals surface area contributed by atoms with Crippen LogP contribution in [0.5, 0.6) is 0 Å². The standard InChI is InChI=1S/C33H39FN4O/c1-24-20-25(2)22-28(21-24)26-8-10-30(37-16-12-35(3)13-17-37)27(23-26)9-11-32(39)33-29(34)6-5-7-31(33)38-18-14-36(4)15-19-38/h5-11,20-23H,12-19H2,1-4H3. The lowest BCUT2D eigenvalue weighted by Gasteiger charge is -2.35. The van der Waals surface area contributed by atoms with Crippen molar-refractivity contribution >= 4 is 23.2 Å². The summed E-state index contributed by atoms with van der Waals surface area (Å²) in [5.41, 5.74) is 7.62. The molecule has 2 aliphatic heterocycles. The molecule has 0 aromatic heterocycles. The van der Waals surface area contributed by atoms with Crippen molar-refractivity contribution < 1.29 is 9.18 Å². The van der Waals surface area contributed by atoms with Gasteiger partial charge in [-0.15, -0.1) is 0 Å². The van der Waals surface area contributed by atoms with Gasteiger partial charge in [0.05, 0.1) is 11.3 Å². The van der Waals surface area contributed by atoms with E-state index < -0.39 is 5.82 Å². The molecule has 0 aliphatic carbocycles. The molecule has 5 nitrogen and oxygen atoms in total. The molecule has 6 heteroatoms. The van der Waals surface area contributed by atoms with Gasteiger partial charge in [0.25, 0.3) is 0 Å². The Balaban J connectivity index is 1.50. The van der Waals surface area contributed by atoms with Crippen LogP contribution in [0.1, 0.15) is 27.0 Å². The zero-order valence-electron chi connectivity index (χ0n) is 23.6. The molecule has 0 saturated carbocycles. The maximum absolute atomic E-state index is 15.1. The molecule has 2 aliphatic rings. The second-order valence-corrected chi connectivity index (χ2v) is 11.1. The van der Waals surface area contributed by atoms with Crippen LogP contribution in [0.25, 0.3) is 17.2 Å². The van der Waals surface area contributed by atoms with Crippen molar-refractivity contribution in [3.63, 3.8) is 0 Å². The van der Waals surface area contributed by atoms with E-state index in [0.29, 0.717) is 5.69 Å². The lowest BCUT2D eigenvalue weighted by Crippen LogP contribution is -2.45. The first-order valence-electron chi connectivity index (χ1n) is 13.9. The predicted octanol–water partition coefficient (Wildman–Crippen LogP) is 5.51. The number of carbonyl (C=O) groups is 1. The molecule has 0 N–H and O–H groups in total. The second kappa shape index (κ2) is 11.7. The van der Waals surface area contributed by atoms with Crippen molar-refractivity contribution in [1.29, 1.82) is 0 Å². The maximum atomic E-state index is 15.1. The first kappa shape index (κ1) is 27.1. The molecular formula is C33H39FN4O. The van der Waals surface area contributed by atoms with Gasteiger partial charge in [-0.1, -0.05) is 41.5 Å². The lowest BCUT2D eigenvalue weighted by atomic mass is 9.97. The molecule has 3 aromatic carbocycles. The van der Waals surface area contributed by atoms with Gasteiger partial charge in [0, 0.05) is 58.0 Å². The second-order valence-electron chi connectivity index (χ2n) is 11.1. The number of hydrogen-bond donors (Lipinski definition) is 0. The number of allylic oxidation sites excluding steroid dienone is 1. The van der Waals surface area contributed by atoms with Crippen LogP contribution in [-0.2, 0) is 0 Å².